The summed E-state index contributed by atoms with van der Waals surface area (Å²) in [6.45, 7) is 0. The van der Waals surface area contributed by atoms with Gasteiger partial charge in [-0.15, -0.1) is 0 Å². The Labute approximate surface area is 159 Å². The zero-order chi connectivity index (χ0) is 19.4. The lowest BCUT2D eigenvalue weighted by atomic mass is 9.94. The van der Waals surface area contributed by atoms with Crippen molar-refractivity contribution < 1.29 is 18.9 Å². The predicted molar refractivity (Wildman–Crippen MR) is 108 cm³/mol. The minimum Gasteiger partial charge on any atom is -0.496 e. The molecule has 0 unspecified atom stereocenters. The Bertz CT molecular complexity index is 835. The highest BCUT2D eigenvalue weighted by Gasteiger charge is 2.20. The largest absolute Gasteiger partial charge is 0.496 e. The summed E-state index contributed by atoms with van der Waals surface area (Å²) in [6, 6.07) is 17.1. The fraction of sp³-hybridized carbons (Fsp3) is 0.182. The Kier molecular flexibility index (Phi) is 5.41. The molecule has 3 rings (SSSR count). The van der Waals surface area contributed by atoms with Gasteiger partial charge in [-0.3, -0.25) is 0 Å². The Hall–Kier alpha value is -3.34. The molecule has 0 spiro atoms. The molecule has 140 valence electrons. The first-order chi connectivity index (χ1) is 13.2. The second kappa shape index (κ2) is 7.91. The van der Waals surface area contributed by atoms with Crippen LogP contribution < -0.4 is 24.7 Å². The molecule has 27 heavy (non-hydrogen) atoms. The normalized spacial score (nSPS) is 10.4. The SMILES string of the molecule is COc1cccc(OC)c1-c1cccc(-c2c(OC)cccc2OC)c1N. The van der Waals surface area contributed by atoms with Crippen molar-refractivity contribution in [3.63, 3.8) is 0 Å². The molecule has 0 radical (unpaired) electrons. The number of ether oxygens (including phenoxy) is 4. The minimum absolute atomic E-state index is 0.586. The summed E-state index contributed by atoms with van der Waals surface area (Å²) >= 11 is 0. The van der Waals surface area contributed by atoms with E-state index in [2.05, 4.69) is 0 Å². The van der Waals surface area contributed by atoms with Gasteiger partial charge in [0.25, 0.3) is 0 Å². The van der Waals surface area contributed by atoms with Crippen molar-refractivity contribution >= 4 is 5.69 Å². The fourth-order valence-corrected chi connectivity index (χ4v) is 3.23. The van der Waals surface area contributed by atoms with Crippen LogP contribution >= 0.6 is 0 Å². The molecule has 0 aliphatic carbocycles. The summed E-state index contributed by atoms with van der Waals surface area (Å²) < 4.78 is 22.2. The van der Waals surface area contributed by atoms with Gasteiger partial charge in [0.1, 0.15) is 23.0 Å². The molecular weight excluding hydrogens is 342 g/mol. The van der Waals surface area contributed by atoms with E-state index in [4.69, 9.17) is 24.7 Å². The van der Waals surface area contributed by atoms with E-state index in [-0.39, 0.29) is 0 Å². The summed E-state index contributed by atoms with van der Waals surface area (Å²) in [5.41, 5.74) is 10.4. The van der Waals surface area contributed by atoms with Crippen molar-refractivity contribution in [2.75, 3.05) is 34.2 Å². The van der Waals surface area contributed by atoms with Gasteiger partial charge in [-0.25, -0.2) is 0 Å². The smallest absolute Gasteiger partial charge is 0.130 e. The van der Waals surface area contributed by atoms with Gasteiger partial charge in [0.15, 0.2) is 0 Å². The average molecular weight is 365 g/mol. The Balaban J connectivity index is 2.30. The van der Waals surface area contributed by atoms with Crippen LogP contribution in [0.25, 0.3) is 22.3 Å². The van der Waals surface area contributed by atoms with E-state index in [1.54, 1.807) is 28.4 Å². The van der Waals surface area contributed by atoms with Gasteiger partial charge in [0.2, 0.25) is 0 Å². The molecule has 0 saturated carbocycles. The summed E-state index contributed by atoms with van der Waals surface area (Å²) in [6.07, 6.45) is 0. The number of methoxy groups -OCH3 is 4. The van der Waals surface area contributed by atoms with E-state index in [1.165, 1.54) is 0 Å². The molecule has 0 amide bonds. The topological polar surface area (TPSA) is 62.9 Å². The number of hydrogen-bond acceptors (Lipinski definition) is 5. The van der Waals surface area contributed by atoms with E-state index >= 15 is 0 Å². The molecule has 0 bridgehead atoms. The molecule has 0 aromatic heterocycles. The molecule has 2 N–H and O–H groups in total. The fourth-order valence-electron chi connectivity index (χ4n) is 3.23. The second-order valence-electron chi connectivity index (χ2n) is 5.84. The van der Waals surface area contributed by atoms with Crippen LogP contribution in [-0.2, 0) is 0 Å². The lowest BCUT2D eigenvalue weighted by molar-refractivity contribution is 0.397. The van der Waals surface area contributed by atoms with E-state index in [9.17, 15) is 0 Å². The van der Waals surface area contributed by atoms with Crippen molar-refractivity contribution in [2.45, 2.75) is 0 Å². The second-order valence-corrected chi connectivity index (χ2v) is 5.84. The predicted octanol–water partition coefficient (Wildman–Crippen LogP) is 4.64. The lowest BCUT2D eigenvalue weighted by Gasteiger charge is -2.19. The molecule has 0 atom stereocenters. The average Bonchev–Trinajstić information content (AvgIpc) is 2.72. The third-order valence-electron chi connectivity index (χ3n) is 4.50. The van der Waals surface area contributed by atoms with Crippen molar-refractivity contribution in [3.8, 4) is 45.3 Å². The van der Waals surface area contributed by atoms with Gasteiger partial charge < -0.3 is 24.7 Å². The van der Waals surface area contributed by atoms with Gasteiger partial charge in [-0.2, -0.15) is 0 Å². The molecule has 3 aromatic carbocycles. The Morgan fingerprint density at radius 1 is 0.519 bits per heavy atom. The zero-order valence-electron chi connectivity index (χ0n) is 15.9. The number of para-hydroxylation sites is 1. The van der Waals surface area contributed by atoms with Gasteiger partial charge in [0.05, 0.1) is 39.6 Å². The number of nitrogens with two attached hydrogens (primary N) is 1. The summed E-state index contributed by atoms with van der Waals surface area (Å²) in [7, 11) is 6.51. The standard InChI is InChI=1S/C22H23NO4/c1-24-16-10-6-11-17(25-2)20(16)14-8-5-9-15(22(14)23)21-18(26-3)12-7-13-19(21)27-4/h5-13H,23H2,1-4H3. The van der Waals surface area contributed by atoms with Crippen LogP contribution in [0.1, 0.15) is 0 Å². The maximum atomic E-state index is 6.62. The number of benzene rings is 3. The highest BCUT2D eigenvalue weighted by molar-refractivity contribution is 5.95. The molecule has 5 nitrogen and oxygen atoms in total. The summed E-state index contributed by atoms with van der Waals surface area (Å²) in [5.74, 6) is 2.74. The first-order valence-electron chi connectivity index (χ1n) is 8.47. The quantitative estimate of drug-likeness (QED) is 0.645. The van der Waals surface area contributed by atoms with E-state index in [0.717, 1.165) is 22.3 Å². The first kappa shape index (κ1) is 18.5. The van der Waals surface area contributed by atoms with Crippen molar-refractivity contribution in [1.29, 1.82) is 0 Å². The first-order valence-corrected chi connectivity index (χ1v) is 8.47. The van der Waals surface area contributed by atoms with Crippen LogP contribution in [0.3, 0.4) is 0 Å². The van der Waals surface area contributed by atoms with Gasteiger partial charge >= 0.3 is 0 Å². The van der Waals surface area contributed by atoms with Crippen LogP contribution in [0.4, 0.5) is 5.69 Å². The van der Waals surface area contributed by atoms with Gasteiger partial charge in [-0.1, -0.05) is 30.3 Å². The van der Waals surface area contributed by atoms with E-state index in [1.807, 2.05) is 54.6 Å². The molecule has 0 aliphatic heterocycles. The zero-order valence-corrected chi connectivity index (χ0v) is 15.9. The molecule has 0 saturated heterocycles. The van der Waals surface area contributed by atoms with Crippen molar-refractivity contribution in [3.05, 3.63) is 54.6 Å². The van der Waals surface area contributed by atoms with E-state index in [0.29, 0.717) is 28.7 Å². The number of anilines is 1. The minimum atomic E-state index is 0.586. The maximum absolute atomic E-state index is 6.62. The highest BCUT2D eigenvalue weighted by atomic mass is 16.5. The van der Waals surface area contributed by atoms with Gasteiger partial charge in [-0.05, 0) is 24.3 Å². The van der Waals surface area contributed by atoms with Crippen LogP contribution in [-0.4, -0.2) is 28.4 Å². The van der Waals surface area contributed by atoms with Crippen molar-refractivity contribution in [2.24, 2.45) is 0 Å². The number of hydrogen-bond donors (Lipinski definition) is 1. The van der Waals surface area contributed by atoms with Crippen LogP contribution in [0, 0.1) is 0 Å². The van der Waals surface area contributed by atoms with E-state index < -0.39 is 0 Å². The molecule has 0 aliphatic rings. The molecule has 0 heterocycles. The summed E-state index contributed by atoms with van der Waals surface area (Å²) in [4.78, 5) is 0. The third-order valence-corrected chi connectivity index (χ3v) is 4.50. The lowest BCUT2D eigenvalue weighted by Crippen LogP contribution is -2.00. The monoisotopic (exact) mass is 365 g/mol. The van der Waals surface area contributed by atoms with Crippen LogP contribution in [0.5, 0.6) is 23.0 Å². The van der Waals surface area contributed by atoms with Crippen LogP contribution in [0.2, 0.25) is 0 Å². The molecule has 5 heteroatoms. The van der Waals surface area contributed by atoms with Crippen molar-refractivity contribution in [1.82, 2.24) is 0 Å². The number of rotatable bonds is 6. The third kappa shape index (κ3) is 3.24. The Morgan fingerprint density at radius 3 is 1.11 bits per heavy atom. The van der Waals surface area contributed by atoms with Crippen LogP contribution in [0.15, 0.2) is 54.6 Å². The summed E-state index contributed by atoms with van der Waals surface area (Å²) in [5, 5.41) is 0. The van der Waals surface area contributed by atoms with Gasteiger partial charge in [0, 0.05) is 16.8 Å². The molecule has 0 fully saturated rings. The Morgan fingerprint density at radius 2 is 0.815 bits per heavy atom. The highest BCUT2D eigenvalue weighted by Crippen LogP contribution is 2.47. The molecular formula is C22H23NO4. The molecule has 3 aromatic rings. The number of nitrogen functional groups attached to an aromatic ring is 1. The maximum Gasteiger partial charge on any atom is 0.130 e.